The Morgan fingerprint density at radius 3 is 2.95 bits per heavy atom. The van der Waals surface area contributed by atoms with Crippen LogP contribution < -0.4 is 0 Å². The molecule has 0 amide bonds. The van der Waals surface area contributed by atoms with Gasteiger partial charge >= 0.3 is 0 Å². The standard InChI is InChI=1S/C15H9BrClNO/c16-14-8-18-4-3-9(14)5-11-6-10-7-12(17)1-2-13(10)15(11)19/h1-5,7-8H,6H2. The molecule has 94 valence electrons. The Labute approximate surface area is 124 Å². The molecule has 2 aromatic rings. The molecule has 1 aliphatic rings. The molecule has 0 aliphatic heterocycles. The number of nitrogens with zero attached hydrogens (tertiary/aromatic N) is 1. The van der Waals surface area contributed by atoms with Crippen LogP contribution in [0.4, 0.5) is 0 Å². The quantitative estimate of drug-likeness (QED) is 0.727. The van der Waals surface area contributed by atoms with E-state index in [-0.39, 0.29) is 5.78 Å². The predicted octanol–water partition coefficient (Wildman–Crippen LogP) is 4.32. The van der Waals surface area contributed by atoms with E-state index >= 15 is 0 Å². The summed E-state index contributed by atoms with van der Waals surface area (Å²) in [5.74, 6) is 0.0791. The van der Waals surface area contributed by atoms with Crippen LogP contribution in [-0.4, -0.2) is 10.8 Å². The number of fused-ring (bicyclic) bond motifs is 1. The number of rotatable bonds is 1. The number of Topliss-reactive ketones (excluding diaryl/α,β-unsaturated/α-hetero) is 1. The van der Waals surface area contributed by atoms with Crippen LogP contribution in [0.5, 0.6) is 0 Å². The van der Waals surface area contributed by atoms with Crippen LogP contribution in [0.15, 0.2) is 46.7 Å². The second-order valence-electron chi connectivity index (χ2n) is 4.37. The minimum atomic E-state index is 0.0791. The number of halogens is 2. The van der Waals surface area contributed by atoms with E-state index < -0.39 is 0 Å². The molecule has 0 spiro atoms. The fourth-order valence-corrected chi connectivity index (χ4v) is 2.76. The lowest BCUT2D eigenvalue weighted by molar-refractivity contribution is 0.104. The van der Waals surface area contributed by atoms with Crippen molar-refractivity contribution in [2.45, 2.75) is 6.42 Å². The first-order chi connectivity index (χ1) is 9.15. The average Bonchev–Trinajstić information content (AvgIpc) is 2.68. The number of carbonyl (C=O) groups is 1. The van der Waals surface area contributed by atoms with Crippen LogP contribution in [0.1, 0.15) is 21.5 Å². The molecule has 0 bridgehead atoms. The highest BCUT2D eigenvalue weighted by molar-refractivity contribution is 9.10. The lowest BCUT2D eigenvalue weighted by Crippen LogP contribution is -1.95. The second-order valence-corrected chi connectivity index (χ2v) is 5.66. The Morgan fingerprint density at radius 2 is 2.16 bits per heavy atom. The number of benzene rings is 1. The molecule has 1 heterocycles. The Bertz CT molecular complexity index is 709. The van der Waals surface area contributed by atoms with Gasteiger partial charge in [0, 0.05) is 39.4 Å². The molecule has 0 unspecified atom stereocenters. The number of hydrogen-bond donors (Lipinski definition) is 0. The molecular formula is C15H9BrClNO. The third kappa shape index (κ3) is 2.36. The predicted molar refractivity (Wildman–Crippen MR) is 79.4 cm³/mol. The summed E-state index contributed by atoms with van der Waals surface area (Å²) in [6.07, 6.45) is 5.96. The molecule has 0 atom stereocenters. The zero-order valence-electron chi connectivity index (χ0n) is 9.86. The van der Waals surface area contributed by atoms with Gasteiger partial charge in [-0.05, 0) is 57.4 Å². The van der Waals surface area contributed by atoms with Gasteiger partial charge in [-0.25, -0.2) is 0 Å². The Balaban J connectivity index is 2.02. The molecule has 19 heavy (non-hydrogen) atoms. The van der Waals surface area contributed by atoms with Crippen molar-refractivity contribution in [2.24, 2.45) is 0 Å². The number of hydrogen-bond acceptors (Lipinski definition) is 2. The zero-order chi connectivity index (χ0) is 13.4. The van der Waals surface area contributed by atoms with Gasteiger partial charge in [0.2, 0.25) is 0 Å². The fraction of sp³-hybridized carbons (Fsp3) is 0.0667. The third-order valence-electron chi connectivity index (χ3n) is 3.12. The van der Waals surface area contributed by atoms with Crippen molar-refractivity contribution < 1.29 is 4.79 Å². The summed E-state index contributed by atoms with van der Waals surface area (Å²) in [6.45, 7) is 0. The lowest BCUT2D eigenvalue weighted by Gasteiger charge is -1.99. The van der Waals surface area contributed by atoms with Crippen molar-refractivity contribution in [3.63, 3.8) is 0 Å². The SMILES string of the molecule is O=C1C(=Cc2ccncc2Br)Cc2cc(Cl)ccc21. The number of aromatic nitrogens is 1. The number of ketones is 1. The smallest absolute Gasteiger partial charge is 0.189 e. The Hall–Kier alpha value is -1.45. The number of allylic oxidation sites excluding steroid dienone is 1. The topological polar surface area (TPSA) is 30.0 Å². The molecular weight excluding hydrogens is 326 g/mol. The van der Waals surface area contributed by atoms with Crippen LogP contribution >= 0.6 is 27.5 Å². The summed E-state index contributed by atoms with van der Waals surface area (Å²) in [4.78, 5) is 16.3. The van der Waals surface area contributed by atoms with Crippen LogP contribution in [0.25, 0.3) is 6.08 Å². The first kappa shape index (κ1) is 12.6. The highest BCUT2D eigenvalue weighted by Crippen LogP contribution is 2.30. The van der Waals surface area contributed by atoms with Crippen molar-refractivity contribution in [2.75, 3.05) is 0 Å². The molecule has 0 radical (unpaired) electrons. The van der Waals surface area contributed by atoms with Crippen LogP contribution in [0.2, 0.25) is 5.02 Å². The third-order valence-corrected chi connectivity index (χ3v) is 4.02. The van der Waals surface area contributed by atoms with E-state index in [1.54, 1.807) is 24.5 Å². The van der Waals surface area contributed by atoms with Gasteiger partial charge in [-0.15, -0.1) is 0 Å². The van der Waals surface area contributed by atoms with Gasteiger partial charge in [0.15, 0.2) is 5.78 Å². The van der Waals surface area contributed by atoms with E-state index in [2.05, 4.69) is 20.9 Å². The molecule has 4 heteroatoms. The van der Waals surface area contributed by atoms with Gasteiger partial charge in [-0.1, -0.05) is 11.6 Å². The summed E-state index contributed by atoms with van der Waals surface area (Å²) in [6, 6.07) is 7.28. The zero-order valence-corrected chi connectivity index (χ0v) is 12.2. The summed E-state index contributed by atoms with van der Waals surface area (Å²) < 4.78 is 0.879. The molecule has 2 nitrogen and oxygen atoms in total. The molecule has 0 N–H and O–H groups in total. The van der Waals surface area contributed by atoms with Gasteiger partial charge < -0.3 is 0 Å². The van der Waals surface area contributed by atoms with E-state index in [0.29, 0.717) is 11.4 Å². The van der Waals surface area contributed by atoms with Crippen LogP contribution in [0.3, 0.4) is 0 Å². The second kappa shape index (κ2) is 4.91. The molecule has 1 aromatic heterocycles. The maximum absolute atomic E-state index is 12.3. The molecule has 0 saturated carbocycles. The van der Waals surface area contributed by atoms with E-state index in [1.165, 1.54) is 0 Å². The van der Waals surface area contributed by atoms with Crippen molar-refractivity contribution in [1.82, 2.24) is 4.98 Å². The highest BCUT2D eigenvalue weighted by atomic mass is 79.9. The van der Waals surface area contributed by atoms with Gasteiger partial charge in [0.1, 0.15) is 0 Å². The number of carbonyl (C=O) groups excluding carboxylic acids is 1. The normalized spacial score (nSPS) is 15.9. The largest absolute Gasteiger partial charge is 0.289 e. The van der Waals surface area contributed by atoms with Crippen molar-refractivity contribution in [1.29, 1.82) is 0 Å². The molecule has 0 saturated heterocycles. The van der Waals surface area contributed by atoms with E-state index in [4.69, 9.17) is 11.6 Å². The first-order valence-corrected chi connectivity index (χ1v) is 6.95. The van der Waals surface area contributed by atoms with Gasteiger partial charge in [-0.2, -0.15) is 0 Å². The van der Waals surface area contributed by atoms with E-state index in [1.807, 2.05) is 18.2 Å². The fourth-order valence-electron chi connectivity index (χ4n) is 2.20. The minimum absolute atomic E-state index is 0.0791. The molecule has 0 fully saturated rings. The van der Waals surface area contributed by atoms with Gasteiger partial charge in [0.25, 0.3) is 0 Å². The maximum atomic E-state index is 12.3. The van der Waals surface area contributed by atoms with Crippen LogP contribution in [-0.2, 0) is 6.42 Å². The summed E-state index contributed by atoms with van der Waals surface area (Å²) in [7, 11) is 0. The molecule has 1 aromatic carbocycles. The van der Waals surface area contributed by atoms with Gasteiger partial charge in [0.05, 0.1) is 0 Å². The Morgan fingerprint density at radius 1 is 1.32 bits per heavy atom. The monoisotopic (exact) mass is 333 g/mol. The highest BCUT2D eigenvalue weighted by Gasteiger charge is 2.24. The lowest BCUT2D eigenvalue weighted by atomic mass is 10.1. The minimum Gasteiger partial charge on any atom is -0.289 e. The van der Waals surface area contributed by atoms with Crippen molar-refractivity contribution in [3.05, 3.63) is 68.4 Å². The van der Waals surface area contributed by atoms with Crippen LogP contribution in [0, 0.1) is 0 Å². The first-order valence-electron chi connectivity index (χ1n) is 5.78. The summed E-state index contributed by atoms with van der Waals surface area (Å²) in [5.41, 5.74) is 3.48. The van der Waals surface area contributed by atoms with Crippen molar-refractivity contribution >= 4 is 39.4 Å². The van der Waals surface area contributed by atoms with E-state index in [0.717, 1.165) is 26.7 Å². The molecule has 1 aliphatic carbocycles. The summed E-state index contributed by atoms with van der Waals surface area (Å²) >= 11 is 9.39. The molecule has 3 rings (SSSR count). The van der Waals surface area contributed by atoms with E-state index in [9.17, 15) is 4.79 Å². The van der Waals surface area contributed by atoms with Crippen molar-refractivity contribution in [3.8, 4) is 0 Å². The van der Waals surface area contributed by atoms with Gasteiger partial charge in [-0.3, -0.25) is 9.78 Å². The summed E-state index contributed by atoms with van der Waals surface area (Å²) in [5, 5.41) is 0.665. The average molecular weight is 335 g/mol. The Kier molecular flexibility index (Phi) is 3.25. The maximum Gasteiger partial charge on any atom is 0.189 e. The number of pyridine rings is 1.